The molecule has 0 fully saturated rings. The van der Waals surface area contributed by atoms with E-state index in [1.807, 2.05) is 23.5 Å². The molecule has 2 nitrogen and oxygen atoms in total. The second kappa shape index (κ2) is 10.5. The first-order chi connectivity index (χ1) is 19.2. The molecule has 2 aliphatic heterocycles. The molecule has 0 N–H and O–H groups in total. The Kier molecular flexibility index (Phi) is 6.67. The smallest absolute Gasteiger partial charge is 0.0988 e. The van der Waals surface area contributed by atoms with Gasteiger partial charge in [-0.3, -0.25) is 0 Å². The van der Waals surface area contributed by atoms with Crippen LogP contribution in [0, 0.1) is 0 Å². The molecule has 3 aliphatic rings. The van der Waals surface area contributed by atoms with Gasteiger partial charge in [-0.15, -0.1) is 0 Å². The molecule has 0 saturated carbocycles. The number of likely N-dealkylation sites (N-methyl/N-ethyl adjacent to an activating group) is 1. The summed E-state index contributed by atoms with van der Waals surface area (Å²) in [6.07, 6.45) is 8.31. The summed E-state index contributed by atoms with van der Waals surface area (Å²) in [6, 6.07) is 26.8. The quantitative estimate of drug-likeness (QED) is 0.239. The number of thioether (sulfide) groups is 2. The van der Waals surface area contributed by atoms with Gasteiger partial charge in [0.1, 0.15) is 0 Å². The predicted molar refractivity (Wildman–Crippen MR) is 172 cm³/mol. The lowest BCUT2D eigenvalue weighted by atomic mass is 9.87. The van der Waals surface area contributed by atoms with Crippen LogP contribution in [0.2, 0.25) is 0 Å². The normalized spacial score (nSPS) is 19.8. The van der Waals surface area contributed by atoms with Crippen molar-refractivity contribution in [2.24, 2.45) is 0 Å². The highest BCUT2D eigenvalue weighted by Gasteiger charge is 2.29. The SMILES string of the molecule is CCN1/C(=C/C2=CC(=C/C3Sc4ccc(-c5ccsc5)cc4N3CC)/Cc3ccccc32)Sc2ccccc21. The summed E-state index contributed by atoms with van der Waals surface area (Å²) >= 11 is 5.61. The number of nitrogens with zero attached hydrogens (tertiary/aromatic N) is 2. The molecule has 0 spiro atoms. The van der Waals surface area contributed by atoms with E-state index in [1.165, 1.54) is 59.6 Å². The van der Waals surface area contributed by atoms with Crippen LogP contribution in [0.3, 0.4) is 0 Å². The molecule has 0 amide bonds. The van der Waals surface area contributed by atoms with Gasteiger partial charge in [0.15, 0.2) is 0 Å². The summed E-state index contributed by atoms with van der Waals surface area (Å²) in [5, 5.41) is 6.00. The van der Waals surface area contributed by atoms with Crippen molar-refractivity contribution in [1.82, 2.24) is 0 Å². The van der Waals surface area contributed by atoms with Gasteiger partial charge in [-0.25, -0.2) is 0 Å². The van der Waals surface area contributed by atoms with Crippen molar-refractivity contribution in [2.75, 3.05) is 22.9 Å². The van der Waals surface area contributed by atoms with Crippen molar-refractivity contribution in [3.63, 3.8) is 0 Å². The van der Waals surface area contributed by atoms with Crippen molar-refractivity contribution in [3.05, 3.63) is 124 Å². The largest absolute Gasteiger partial charge is 0.355 e. The number of thiophene rings is 1. The fraction of sp³-hybridized carbons (Fsp3) is 0.176. The minimum atomic E-state index is 0.297. The first-order valence-electron chi connectivity index (χ1n) is 13.6. The van der Waals surface area contributed by atoms with Crippen LogP contribution in [0.15, 0.2) is 122 Å². The lowest BCUT2D eigenvalue weighted by Crippen LogP contribution is -2.27. The Labute approximate surface area is 243 Å². The number of allylic oxidation sites excluding steroid dienone is 4. The number of hydrogen-bond acceptors (Lipinski definition) is 5. The molecule has 7 rings (SSSR count). The van der Waals surface area contributed by atoms with Crippen molar-refractivity contribution < 1.29 is 0 Å². The molecule has 5 heteroatoms. The average molecular weight is 563 g/mol. The van der Waals surface area contributed by atoms with Gasteiger partial charge in [-0.1, -0.05) is 72.1 Å². The van der Waals surface area contributed by atoms with E-state index in [-0.39, 0.29) is 0 Å². The standard InChI is InChI=1S/C34H30N2S3/c1-3-35-29-11-7-8-12-31(29)38-34(35)21-27-18-23(17-25-9-5-6-10-28(25)27)19-33-36(4-2)30-20-24(13-14-32(30)39-33)26-15-16-37-22-26/h5-16,18-22,33H,3-4,17H2,1-2H3/b23-19+,34-21-. The Morgan fingerprint density at radius 1 is 0.872 bits per heavy atom. The van der Waals surface area contributed by atoms with E-state index in [0.29, 0.717) is 5.37 Å². The second-order valence-electron chi connectivity index (χ2n) is 9.96. The maximum Gasteiger partial charge on any atom is 0.0988 e. The van der Waals surface area contributed by atoms with Gasteiger partial charge < -0.3 is 9.80 Å². The van der Waals surface area contributed by atoms with E-state index in [1.54, 1.807) is 11.3 Å². The Hall–Kier alpha value is -3.12. The van der Waals surface area contributed by atoms with Gasteiger partial charge in [0, 0.05) is 22.9 Å². The summed E-state index contributed by atoms with van der Waals surface area (Å²) in [4.78, 5) is 7.71. The van der Waals surface area contributed by atoms with Crippen LogP contribution in [0.25, 0.3) is 16.7 Å². The fourth-order valence-electron chi connectivity index (χ4n) is 5.79. The van der Waals surface area contributed by atoms with Crippen molar-refractivity contribution >= 4 is 51.8 Å². The van der Waals surface area contributed by atoms with Gasteiger partial charge in [0.05, 0.1) is 21.8 Å². The van der Waals surface area contributed by atoms with Crippen LogP contribution in [0.5, 0.6) is 0 Å². The fourth-order valence-corrected chi connectivity index (χ4v) is 8.97. The van der Waals surface area contributed by atoms with Crippen LogP contribution in [-0.2, 0) is 6.42 Å². The molecule has 0 bridgehead atoms. The average Bonchev–Trinajstić information content (AvgIpc) is 3.69. The first kappa shape index (κ1) is 24.9. The monoisotopic (exact) mass is 562 g/mol. The van der Waals surface area contributed by atoms with Crippen molar-refractivity contribution in [3.8, 4) is 11.1 Å². The van der Waals surface area contributed by atoms with E-state index in [9.17, 15) is 0 Å². The minimum Gasteiger partial charge on any atom is -0.355 e. The van der Waals surface area contributed by atoms with Crippen LogP contribution in [0.1, 0.15) is 25.0 Å². The molecular weight excluding hydrogens is 533 g/mol. The first-order valence-corrected chi connectivity index (χ1v) is 16.2. The number of rotatable bonds is 5. The Balaban J connectivity index is 1.24. The van der Waals surface area contributed by atoms with E-state index in [4.69, 9.17) is 0 Å². The summed E-state index contributed by atoms with van der Waals surface area (Å²) in [5.74, 6) is 0. The van der Waals surface area contributed by atoms with Gasteiger partial charge in [0.25, 0.3) is 0 Å². The van der Waals surface area contributed by atoms with Crippen LogP contribution >= 0.6 is 34.9 Å². The maximum absolute atomic E-state index is 2.55. The molecule has 1 aliphatic carbocycles. The molecule has 1 unspecified atom stereocenters. The summed E-state index contributed by atoms with van der Waals surface area (Å²) < 4.78 is 0. The summed E-state index contributed by atoms with van der Waals surface area (Å²) in [6.45, 7) is 6.46. The highest BCUT2D eigenvalue weighted by atomic mass is 32.2. The lowest BCUT2D eigenvalue weighted by Gasteiger charge is -2.25. The summed E-state index contributed by atoms with van der Waals surface area (Å²) in [5.41, 5.74) is 10.7. The van der Waals surface area contributed by atoms with E-state index in [0.717, 1.165) is 19.5 Å². The third-order valence-corrected chi connectivity index (χ3v) is 10.7. The van der Waals surface area contributed by atoms with Crippen LogP contribution in [-0.4, -0.2) is 18.5 Å². The summed E-state index contributed by atoms with van der Waals surface area (Å²) in [7, 11) is 0. The number of fused-ring (bicyclic) bond motifs is 3. The zero-order chi connectivity index (χ0) is 26.3. The minimum absolute atomic E-state index is 0.297. The molecule has 0 saturated heterocycles. The number of para-hydroxylation sites is 1. The maximum atomic E-state index is 2.55. The molecule has 39 heavy (non-hydrogen) atoms. The van der Waals surface area contributed by atoms with Crippen molar-refractivity contribution in [2.45, 2.75) is 35.4 Å². The second-order valence-corrected chi connectivity index (χ2v) is 13.0. The van der Waals surface area contributed by atoms with Crippen LogP contribution < -0.4 is 9.80 Å². The van der Waals surface area contributed by atoms with Gasteiger partial charge in [0.2, 0.25) is 0 Å². The van der Waals surface area contributed by atoms with Gasteiger partial charge >= 0.3 is 0 Å². The van der Waals surface area contributed by atoms with Gasteiger partial charge in [-0.2, -0.15) is 11.3 Å². The van der Waals surface area contributed by atoms with E-state index >= 15 is 0 Å². The number of hydrogen-bond donors (Lipinski definition) is 0. The topological polar surface area (TPSA) is 6.48 Å². The highest BCUT2D eigenvalue weighted by molar-refractivity contribution is 8.03. The Morgan fingerprint density at radius 2 is 1.74 bits per heavy atom. The molecule has 3 aromatic carbocycles. The molecule has 3 heterocycles. The molecule has 4 aromatic rings. The van der Waals surface area contributed by atoms with E-state index < -0.39 is 0 Å². The number of benzene rings is 3. The zero-order valence-electron chi connectivity index (χ0n) is 22.1. The zero-order valence-corrected chi connectivity index (χ0v) is 24.6. The molecule has 1 atom stereocenters. The van der Waals surface area contributed by atoms with Crippen molar-refractivity contribution in [1.29, 1.82) is 0 Å². The Morgan fingerprint density at radius 3 is 2.59 bits per heavy atom. The highest BCUT2D eigenvalue weighted by Crippen LogP contribution is 2.48. The van der Waals surface area contributed by atoms with Gasteiger partial charge in [-0.05, 0) is 107 Å². The third kappa shape index (κ3) is 4.57. The van der Waals surface area contributed by atoms with Crippen LogP contribution in [0.4, 0.5) is 11.4 Å². The molecule has 194 valence electrons. The van der Waals surface area contributed by atoms with E-state index in [2.05, 4.69) is 125 Å². The Bertz CT molecular complexity index is 1630. The predicted octanol–water partition coefficient (Wildman–Crippen LogP) is 9.71. The molecular formula is C34H30N2S3. The molecule has 0 radical (unpaired) electrons. The molecule has 1 aromatic heterocycles. The third-order valence-electron chi connectivity index (χ3n) is 7.67. The number of anilines is 2. The lowest BCUT2D eigenvalue weighted by molar-refractivity contribution is 0.872.